The smallest absolute Gasteiger partial charge is 0.354 e. The lowest BCUT2D eigenvalue weighted by molar-refractivity contribution is -0.141. The zero-order valence-electron chi connectivity index (χ0n) is 14.4. The summed E-state index contributed by atoms with van der Waals surface area (Å²) >= 11 is 0. The van der Waals surface area contributed by atoms with Gasteiger partial charge in [0.05, 0.1) is 6.54 Å². The maximum absolute atomic E-state index is 12.8. The molecule has 140 valence electrons. The average Bonchev–Trinajstić information content (AvgIpc) is 3.35. The molecule has 3 rings (SSSR count). The second-order valence-corrected chi connectivity index (χ2v) is 6.64. The van der Waals surface area contributed by atoms with Crippen LogP contribution >= 0.6 is 0 Å². The lowest BCUT2D eigenvalue weighted by Gasteiger charge is -2.08. The second kappa shape index (κ2) is 7.93. The molecule has 0 atom stereocenters. The number of nitrogens with one attached hydrogen (secondary N) is 1. The van der Waals surface area contributed by atoms with Crippen LogP contribution in [0.5, 0.6) is 0 Å². The summed E-state index contributed by atoms with van der Waals surface area (Å²) in [6.07, 6.45) is -0.673. The molecule has 1 N–H and O–H groups in total. The summed E-state index contributed by atoms with van der Waals surface area (Å²) in [6.45, 7) is 0.537. The monoisotopic (exact) mass is 365 g/mol. The van der Waals surface area contributed by atoms with Gasteiger partial charge >= 0.3 is 6.18 Å². The second-order valence-electron chi connectivity index (χ2n) is 6.64. The number of nitrogens with zero attached hydrogens (tertiary/aromatic N) is 2. The van der Waals surface area contributed by atoms with Gasteiger partial charge in [-0.3, -0.25) is 9.48 Å². The van der Waals surface area contributed by atoms with Crippen molar-refractivity contribution < 1.29 is 18.0 Å². The molecule has 26 heavy (non-hydrogen) atoms. The fourth-order valence-electron chi connectivity index (χ4n) is 2.94. The van der Waals surface area contributed by atoms with E-state index in [4.69, 9.17) is 0 Å². The standard InChI is InChI=1S/C19H22F3N3O/c20-19(21,22)17-13-16(15-9-10-15)25(24-17)12-11-23-18(26)8-4-7-14-5-2-1-3-6-14/h1-3,5-6,13,15H,4,7-12H2,(H,23,26). The number of halogens is 3. The Hall–Kier alpha value is -2.31. The van der Waals surface area contributed by atoms with Gasteiger partial charge in [-0.2, -0.15) is 18.3 Å². The van der Waals surface area contributed by atoms with E-state index >= 15 is 0 Å². The zero-order valence-corrected chi connectivity index (χ0v) is 14.4. The van der Waals surface area contributed by atoms with Crippen LogP contribution < -0.4 is 5.32 Å². The molecule has 1 heterocycles. The predicted molar refractivity (Wildman–Crippen MR) is 91.6 cm³/mol. The van der Waals surface area contributed by atoms with Crippen LogP contribution in [0, 0.1) is 0 Å². The van der Waals surface area contributed by atoms with Gasteiger partial charge in [0.15, 0.2) is 5.69 Å². The molecule has 1 fully saturated rings. The van der Waals surface area contributed by atoms with Crippen molar-refractivity contribution in [3.8, 4) is 0 Å². The molecule has 4 nitrogen and oxygen atoms in total. The molecule has 0 saturated heterocycles. The van der Waals surface area contributed by atoms with Gasteiger partial charge in [0.25, 0.3) is 0 Å². The summed E-state index contributed by atoms with van der Waals surface area (Å²) in [4.78, 5) is 11.9. The van der Waals surface area contributed by atoms with E-state index in [-0.39, 0.29) is 24.9 Å². The van der Waals surface area contributed by atoms with Crippen LogP contribution in [0.4, 0.5) is 13.2 Å². The summed E-state index contributed by atoms with van der Waals surface area (Å²) in [5, 5.41) is 6.45. The normalized spacial score (nSPS) is 14.4. The number of benzene rings is 1. The highest BCUT2D eigenvalue weighted by molar-refractivity contribution is 5.75. The van der Waals surface area contributed by atoms with Gasteiger partial charge in [0.1, 0.15) is 0 Å². The van der Waals surface area contributed by atoms with Crippen molar-refractivity contribution in [1.29, 1.82) is 0 Å². The summed E-state index contributed by atoms with van der Waals surface area (Å²) in [6, 6.07) is 11.1. The Bertz CT molecular complexity index is 736. The molecule has 0 bridgehead atoms. The van der Waals surface area contributed by atoms with Crippen molar-refractivity contribution in [2.45, 2.75) is 50.7 Å². The van der Waals surface area contributed by atoms with Gasteiger partial charge in [-0.05, 0) is 37.3 Å². The van der Waals surface area contributed by atoms with Crippen molar-refractivity contribution in [2.75, 3.05) is 6.54 Å². The largest absolute Gasteiger partial charge is 0.435 e. The van der Waals surface area contributed by atoms with E-state index in [0.29, 0.717) is 12.1 Å². The summed E-state index contributed by atoms with van der Waals surface area (Å²) < 4.78 is 39.9. The highest BCUT2D eigenvalue weighted by atomic mass is 19.4. The molecule has 1 aliphatic carbocycles. The lowest BCUT2D eigenvalue weighted by Crippen LogP contribution is -2.27. The molecule has 7 heteroatoms. The number of hydrogen-bond donors (Lipinski definition) is 1. The van der Waals surface area contributed by atoms with E-state index in [1.807, 2.05) is 30.3 Å². The van der Waals surface area contributed by atoms with Crippen molar-refractivity contribution in [2.24, 2.45) is 0 Å². The Morgan fingerprint density at radius 2 is 1.96 bits per heavy atom. The number of rotatable bonds is 8. The quantitative estimate of drug-likeness (QED) is 0.771. The van der Waals surface area contributed by atoms with Gasteiger partial charge in [0.2, 0.25) is 5.91 Å². The van der Waals surface area contributed by atoms with E-state index in [1.165, 1.54) is 10.2 Å². The van der Waals surface area contributed by atoms with Crippen molar-refractivity contribution in [1.82, 2.24) is 15.1 Å². The first-order valence-electron chi connectivity index (χ1n) is 8.89. The zero-order chi connectivity index (χ0) is 18.6. The molecule has 1 aromatic heterocycles. The molecule has 1 amide bonds. The van der Waals surface area contributed by atoms with Gasteiger partial charge < -0.3 is 5.32 Å². The van der Waals surface area contributed by atoms with Crippen molar-refractivity contribution in [3.05, 3.63) is 53.3 Å². The molecular formula is C19H22F3N3O. The van der Waals surface area contributed by atoms with Crippen LogP contribution in [-0.4, -0.2) is 22.2 Å². The van der Waals surface area contributed by atoms with Gasteiger partial charge in [-0.1, -0.05) is 30.3 Å². The number of carbonyl (C=O) groups is 1. The van der Waals surface area contributed by atoms with E-state index < -0.39 is 11.9 Å². The van der Waals surface area contributed by atoms with E-state index in [1.54, 1.807) is 0 Å². The molecular weight excluding hydrogens is 343 g/mol. The number of carbonyl (C=O) groups excluding carboxylic acids is 1. The number of alkyl halides is 3. The Morgan fingerprint density at radius 1 is 1.23 bits per heavy atom. The third kappa shape index (κ3) is 5.09. The van der Waals surface area contributed by atoms with Crippen LogP contribution in [0.3, 0.4) is 0 Å². The first kappa shape index (κ1) is 18.5. The minimum absolute atomic E-state index is 0.0860. The maximum atomic E-state index is 12.8. The topological polar surface area (TPSA) is 46.9 Å². The molecule has 0 spiro atoms. The third-order valence-corrected chi connectivity index (χ3v) is 4.46. The Labute approximate surface area is 150 Å². The highest BCUT2D eigenvalue weighted by Crippen LogP contribution is 2.42. The average molecular weight is 365 g/mol. The summed E-state index contributed by atoms with van der Waals surface area (Å²) in [5.41, 5.74) is 0.954. The van der Waals surface area contributed by atoms with Crippen LogP contribution in [0.2, 0.25) is 0 Å². The van der Waals surface area contributed by atoms with Gasteiger partial charge in [-0.15, -0.1) is 0 Å². The first-order chi connectivity index (χ1) is 12.4. The summed E-state index contributed by atoms with van der Waals surface area (Å²) in [7, 11) is 0. The van der Waals surface area contributed by atoms with Crippen LogP contribution in [0.25, 0.3) is 0 Å². The third-order valence-electron chi connectivity index (χ3n) is 4.46. The predicted octanol–water partition coefficient (Wildman–Crippen LogP) is 3.92. The molecule has 0 aliphatic heterocycles. The minimum atomic E-state index is -4.43. The number of amides is 1. The van der Waals surface area contributed by atoms with Crippen LogP contribution in [0.15, 0.2) is 36.4 Å². The maximum Gasteiger partial charge on any atom is 0.435 e. The molecule has 0 radical (unpaired) electrons. The molecule has 1 aliphatic rings. The number of aryl methyl sites for hydroxylation is 1. The number of hydrogen-bond acceptors (Lipinski definition) is 2. The van der Waals surface area contributed by atoms with E-state index in [2.05, 4.69) is 10.4 Å². The number of aromatic nitrogens is 2. The SMILES string of the molecule is O=C(CCCc1ccccc1)NCCn1nc(C(F)(F)F)cc1C1CC1. The van der Waals surface area contributed by atoms with Crippen LogP contribution in [0.1, 0.15) is 48.6 Å². The first-order valence-corrected chi connectivity index (χ1v) is 8.89. The van der Waals surface area contributed by atoms with Crippen molar-refractivity contribution in [3.63, 3.8) is 0 Å². The fourth-order valence-corrected chi connectivity index (χ4v) is 2.94. The molecule has 1 aromatic carbocycles. The van der Waals surface area contributed by atoms with Crippen LogP contribution in [-0.2, 0) is 23.9 Å². The van der Waals surface area contributed by atoms with E-state index in [9.17, 15) is 18.0 Å². The molecule has 1 saturated carbocycles. The lowest BCUT2D eigenvalue weighted by atomic mass is 10.1. The Kier molecular flexibility index (Phi) is 5.64. The highest BCUT2D eigenvalue weighted by Gasteiger charge is 2.37. The van der Waals surface area contributed by atoms with Gasteiger partial charge in [0, 0.05) is 24.6 Å². The Balaban J connectivity index is 1.44. The molecule has 2 aromatic rings. The minimum Gasteiger partial charge on any atom is -0.354 e. The molecule has 0 unspecified atom stereocenters. The van der Waals surface area contributed by atoms with Crippen molar-refractivity contribution >= 4 is 5.91 Å². The van der Waals surface area contributed by atoms with E-state index in [0.717, 1.165) is 31.7 Å². The Morgan fingerprint density at radius 3 is 2.62 bits per heavy atom. The summed E-state index contributed by atoms with van der Waals surface area (Å²) in [5.74, 6) is 0.0808. The van der Waals surface area contributed by atoms with Gasteiger partial charge in [-0.25, -0.2) is 0 Å². The fraction of sp³-hybridized carbons (Fsp3) is 0.474.